The molecule has 0 atom stereocenters. The number of amides is 1. The fourth-order valence-electron chi connectivity index (χ4n) is 4.51. The summed E-state index contributed by atoms with van der Waals surface area (Å²) < 4.78 is 10.0. The number of nitrogens with one attached hydrogen (secondary N) is 1. The molecular weight excluding hydrogens is 504 g/mol. The Bertz CT molecular complexity index is 1650. The van der Waals surface area contributed by atoms with Crippen molar-refractivity contribution in [3.05, 3.63) is 96.3 Å². The summed E-state index contributed by atoms with van der Waals surface area (Å²) in [4.78, 5) is 22.7. The van der Waals surface area contributed by atoms with Gasteiger partial charge >= 0.3 is 0 Å². The summed E-state index contributed by atoms with van der Waals surface area (Å²) in [5.74, 6) is 1.67. The highest BCUT2D eigenvalue weighted by molar-refractivity contribution is 6.08. The molecule has 3 heterocycles. The molecule has 6 rings (SSSR count). The van der Waals surface area contributed by atoms with E-state index in [-0.39, 0.29) is 11.9 Å². The number of ether oxygens (including phenoxy) is 1. The third-order valence-corrected chi connectivity index (χ3v) is 6.84. The monoisotopic (exact) mass is 534 g/mol. The summed E-state index contributed by atoms with van der Waals surface area (Å²) >= 11 is 0. The number of rotatable bonds is 9. The molecule has 10 heteroatoms. The van der Waals surface area contributed by atoms with Gasteiger partial charge in [0.15, 0.2) is 5.82 Å². The van der Waals surface area contributed by atoms with Gasteiger partial charge in [-0.05, 0) is 50.5 Å². The van der Waals surface area contributed by atoms with Crippen LogP contribution in [0.2, 0.25) is 0 Å². The quantitative estimate of drug-likeness (QED) is 0.243. The molecule has 1 aliphatic carbocycles. The standard InChI is InChI=1S/C30H30N8O2/c1-19(2)38-18-33-36-29(38)24-9-6-10-28(34-24)35-30(39)22-13-26(37-15-25(32-17-37)21-11-12-21)27(14-23(22)31)40-16-20-7-4-3-5-8-20/h3-10,13-15,17-19,21H,11-12,16,31H2,1-2H3,(H,34,35,39). The molecule has 1 amide bonds. The van der Waals surface area contributed by atoms with Crippen molar-refractivity contribution in [2.24, 2.45) is 0 Å². The molecule has 0 saturated heterocycles. The summed E-state index contributed by atoms with van der Waals surface area (Å²) in [6, 6.07) is 18.9. The van der Waals surface area contributed by atoms with Crippen LogP contribution in [0.25, 0.3) is 17.2 Å². The number of carbonyl (C=O) groups excluding carboxylic acids is 1. The third-order valence-electron chi connectivity index (χ3n) is 6.84. The van der Waals surface area contributed by atoms with Crippen molar-refractivity contribution in [3.8, 4) is 23.0 Å². The second-order valence-electron chi connectivity index (χ2n) is 10.2. The van der Waals surface area contributed by atoms with E-state index in [1.807, 2.05) is 71.6 Å². The van der Waals surface area contributed by atoms with E-state index in [1.54, 1.807) is 30.9 Å². The molecule has 0 spiro atoms. The molecule has 0 unspecified atom stereocenters. The molecular formula is C30H30N8O2. The van der Waals surface area contributed by atoms with Gasteiger partial charge in [0.05, 0.1) is 23.3 Å². The Morgan fingerprint density at radius 2 is 1.93 bits per heavy atom. The van der Waals surface area contributed by atoms with Crippen LogP contribution in [0.5, 0.6) is 5.75 Å². The highest BCUT2D eigenvalue weighted by Gasteiger charge is 2.26. The zero-order valence-corrected chi connectivity index (χ0v) is 22.4. The van der Waals surface area contributed by atoms with Gasteiger partial charge in [0.2, 0.25) is 0 Å². The molecule has 5 aromatic rings. The first kappa shape index (κ1) is 25.3. The van der Waals surface area contributed by atoms with Gasteiger partial charge in [-0.3, -0.25) is 4.79 Å². The lowest BCUT2D eigenvalue weighted by Gasteiger charge is -2.16. The van der Waals surface area contributed by atoms with Gasteiger partial charge < -0.3 is 24.9 Å². The summed E-state index contributed by atoms with van der Waals surface area (Å²) in [6.07, 6.45) is 7.70. The van der Waals surface area contributed by atoms with Crippen LogP contribution in [-0.4, -0.2) is 35.2 Å². The van der Waals surface area contributed by atoms with Crippen LogP contribution in [-0.2, 0) is 6.61 Å². The molecule has 1 fully saturated rings. The Labute approximate surface area is 231 Å². The maximum absolute atomic E-state index is 13.5. The molecule has 0 radical (unpaired) electrons. The third kappa shape index (κ3) is 5.28. The van der Waals surface area contributed by atoms with Gasteiger partial charge in [0.25, 0.3) is 5.91 Å². The molecule has 202 valence electrons. The van der Waals surface area contributed by atoms with Crippen LogP contribution in [0.15, 0.2) is 79.5 Å². The van der Waals surface area contributed by atoms with E-state index in [9.17, 15) is 4.79 Å². The van der Waals surface area contributed by atoms with Gasteiger partial charge in [0, 0.05) is 29.9 Å². The largest absolute Gasteiger partial charge is 0.487 e. The van der Waals surface area contributed by atoms with Crippen LogP contribution in [0.1, 0.15) is 60.3 Å². The predicted octanol–water partition coefficient (Wildman–Crippen LogP) is 5.40. The van der Waals surface area contributed by atoms with Crippen molar-refractivity contribution in [3.63, 3.8) is 0 Å². The maximum atomic E-state index is 13.5. The van der Waals surface area contributed by atoms with Crippen molar-refractivity contribution < 1.29 is 9.53 Å². The predicted molar refractivity (Wildman–Crippen MR) is 152 cm³/mol. The van der Waals surface area contributed by atoms with Crippen LogP contribution >= 0.6 is 0 Å². The van der Waals surface area contributed by atoms with Crippen LogP contribution in [0, 0.1) is 0 Å². The highest BCUT2D eigenvalue weighted by Crippen LogP contribution is 2.40. The number of nitrogen functional groups attached to an aromatic ring is 1. The van der Waals surface area contributed by atoms with E-state index in [0.717, 1.165) is 24.1 Å². The average Bonchev–Trinajstić information content (AvgIpc) is 3.47. The van der Waals surface area contributed by atoms with Crippen molar-refractivity contribution in [2.75, 3.05) is 11.1 Å². The smallest absolute Gasteiger partial charge is 0.258 e. The number of aromatic nitrogens is 6. The van der Waals surface area contributed by atoms with E-state index in [1.165, 1.54) is 0 Å². The normalized spacial score (nSPS) is 13.0. The zero-order chi connectivity index (χ0) is 27.6. The molecule has 1 saturated carbocycles. The van der Waals surface area contributed by atoms with Crippen LogP contribution in [0.4, 0.5) is 11.5 Å². The number of imidazole rings is 1. The molecule has 0 bridgehead atoms. The zero-order valence-electron chi connectivity index (χ0n) is 22.4. The summed E-state index contributed by atoms with van der Waals surface area (Å²) in [6.45, 7) is 4.45. The molecule has 3 N–H and O–H groups in total. The number of carbonyl (C=O) groups is 1. The molecule has 40 heavy (non-hydrogen) atoms. The van der Waals surface area contributed by atoms with E-state index >= 15 is 0 Å². The van der Waals surface area contributed by atoms with Crippen molar-refractivity contribution in [2.45, 2.75) is 45.3 Å². The fraction of sp³-hybridized carbons (Fsp3) is 0.233. The van der Waals surface area contributed by atoms with Crippen molar-refractivity contribution >= 4 is 17.4 Å². The first-order chi connectivity index (χ1) is 19.5. The number of hydrogen-bond donors (Lipinski definition) is 2. The summed E-state index contributed by atoms with van der Waals surface area (Å²) in [5, 5.41) is 11.1. The molecule has 3 aromatic heterocycles. The van der Waals surface area contributed by atoms with Crippen molar-refractivity contribution in [1.82, 2.24) is 29.3 Å². The lowest BCUT2D eigenvalue weighted by atomic mass is 10.1. The first-order valence-electron chi connectivity index (χ1n) is 13.3. The lowest BCUT2D eigenvalue weighted by molar-refractivity contribution is 0.102. The number of hydrogen-bond acceptors (Lipinski definition) is 7. The van der Waals surface area contributed by atoms with Gasteiger partial charge in [-0.15, -0.1) is 10.2 Å². The summed E-state index contributed by atoms with van der Waals surface area (Å²) in [7, 11) is 0. The molecule has 10 nitrogen and oxygen atoms in total. The Morgan fingerprint density at radius 1 is 1.10 bits per heavy atom. The topological polar surface area (TPSA) is 126 Å². The maximum Gasteiger partial charge on any atom is 0.258 e. The Morgan fingerprint density at radius 3 is 2.70 bits per heavy atom. The Kier molecular flexibility index (Phi) is 6.73. The van der Waals surface area contributed by atoms with Crippen molar-refractivity contribution in [1.29, 1.82) is 0 Å². The minimum atomic E-state index is -0.383. The lowest BCUT2D eigenvalue weighted by Crippen LogP contribution is -2.16. The van der Waals surface area contributed by atoms with E-state index in [4.69, 9.17) is 10.5 Å². The van der Waals surface area contributed by atoms with Gasteiger partial charge in [-0.25, -0.2) is 9.97 Å². The molecule has 0 aliphatic heterocycles. The Balaban J connectivity index is 1.30. The number of anilines is 2. The second-order valence-corrected chi connectivity index (χ2v) is 10.2. The van der Waals surface area contributed by atoms with E-state index in [2.05, 4.69) is 25.5 Å². The Hall–Kier alpha value is -4.99. The minimum absolute atomic E-state index is 0.162. The number of nitrogens with zero attached hydrogens (tertiary/aromatic N) is 6. The SMILES string of the molecule is CC(C)n1cnnc1-c1cccc(NC(=O)c2cc(-n3cnc(C4CC4)c3)c(OCc3ccccc3)cc2N)n1. The average molecular weight is 535 g/mol. The second kappa shape index (κ2) is 10.6. The first-order valence-corrected chi connectivity index (χ1v) is 13.3. The number of nitrogens with two attached hydrogens (primary N) is 1. The van der Waals surface area contributed by atoms with E-state index < -0.39 is 0 Å². The highest BCUT2D eigenvalue weighted by atomic mass is 16.5. The fourth-order valence-corrected chi connectivity index (χ4v) is 4.51. The molecule has 1 aliphatic rings. The number of pyridine rings is 1. The van der Waals surface area contributed by atoms with Gasteiger partial charge in [-0.1, -0.05) is 36.4 Å². The van der Waals surface area contributed by atoms with Crippen LogP contribution in [0.3, 0.4) is 0 Å². The minimum Gasteiger partial charge on any atom is -0.487 e. The van der Waals surface area contributed by atoms with Crippen LogP contribution < -0.4 is 15.8 Å². The van der Waals surface area contributed by atoms with Gasteiger partial charge in [-0.2, -0.15) is 0 Å². The van der Waals surface area contributed by atoms with E-state index in [0.29, 0.717) is 52.5 Å². The van der Waals surface area contributed by atoms with Gasteiger partial charge in [0.1, 0.15) is 30.2 Å². The number of benzene rings is 2. The molecule has 2 aromatic carbocycles. The summed E-state index contributed by atoms with van der Waals surface area (Å²) in [5.41, 5.74) is 10.4.